The predicted molar refractivity (Wildman–Crippen MR) is 70.9 cm³/mol. The van der Waals surface area contributed by atoms with Crippen LogP contribution in [-0.4, -0.2) is 16.9 Å². The lowest BCUT2D eigenvalue weighted by molar-refractivity contribution is -0.136. The zero-order valence-electron chi connectivity index (χ0n) is 9.81. The first-order valence-electron chi connectivity index (χ1n) is 5.65. The Hall–Kier alpha value is -2.36. The van der Waals surface area contributed by atoms with Crippen molar-refractivity contribution in [1.29, 1.82) is 5.41 Å². The lowest BCUT2D eigenvalue weighted by Gasteiger charge is -2.05. The molecule has 0 saturated heterocycles. The molecule has 2 aromatic carbocycles. The van der Waals surface area contributed by atoms with Crippen LogP contribution in [0.15, 0.2) is 36.4 Å². The quantitative estimate of drug-likeness (QED) is 0.567. The number of hydrogen-bond donors (Lipinski definition) is 3. The topological polar surface area (TPSA) is 87.2 Å². The van der Waals surface area contributed by atoms with Gasteiger partial charge in [-0.1, -0.05) is 30.3 Å². The van der Waals surface area contributed by atoms with Crippen LogP contribution in [0, 0.1) is 5.41 Å². The highest BCUT2D eigenvalue weighted by Crippen LogP contribution is 2.18. The van der Waals surface area contributed by atoms with Crippen LogP contribution in [0.4, 0.5) is 0 Å². The summed E-state index contributed by atoms with van der Waals surface area (Å²) >= 11 is 0. The number of benzene rings is 2. The van der Waals surface area contributed by atoms with Crippen molar-refractivity contribution in [3.05, 3.63) is 47.5 Å². The summed E-state index contributed by atoms with van der Waals surface area (Å²) in [4.78, 5) is 10.5. The molecule has 92 valence electrons. The van der Waals surface area contributed by atoms with Gasteiger partial charge in [0.1, 0.15) is 5.84 Å². The van der Waals surface area contributed by atoms with Crippen molar-refractivity contribution >= 4 is 22.6 Å². The maximum absolute atomic E-state index is 10.5. The Labute approximate surface area is 105 Å². The molecule has 0 atom stereocenters. The Morgan fingerprint density at radius 3 is 2.56 bits per heavy atom. The van der Waals surface area contributed by atoms with Gasteiger partial charge in [0, 0.05) is 12.0 Å². The van der Waals surface area contributed by atoms with Gasteiger partial charge >= 0.3 is 5.97 Å². The predicted octanol–water partition coefficient (Wildman–Crippen LogP) is 2.14. The van der Waals surface area contributed by atoms with Crippen molar-refractivity contribution in [3.63, 3.8) is 0 Å². The number of rotatable bonds is 4. The molecule has 0 aliphatic carbocycles. The lowest BCUT2D eigenvalue weighted by atomic mass is 10.0. The van der Waals surface area contributed by atoms with E-state index in [2.05, 4.69) is 0 Å². The summed E-state index contributed by atoms with van der Waals surface area (Å²) in [6.45, 7) is 0. The minimum atomic E-state index is -0.799. The van der Waals surface area contributed by atoms with Gasteiger partial charge in [0.2, 0.25) is 0 Å². The summed E-state index contributed by atoms with van der Waals surface area (Å²) in [7, 11) is 0. The molecule has 4 N–H and O–H groups in total. The van der Waals surface area contributed by atoms with Crippen LogP contribution >= 0.6 is 0 Å². The van der Waals surface area contributed by atoms with E-state index >= 15 is 0 Å². The van der Waals surface area contributed by atoms with Crippen molar-refractivity contribution in [2.75, 3.05) is 0 Å². The lowest BCUT2D eigenvalue weighted by Crippen LogP contribution is -2.10. The molecule has 4 heteroatoms. The number of carboxylic acid groups (broad SMARTS) is 1. The van der Waals surface area contributed by atoms with E-state index in [1.54, 1.807) is 0 Å². The van der Waals surface area contributed by atoms with Gasteiger partial charge in [-0.15, -0.1) is 0 Å². The van der Waals surface area contributed by atoms with Crippen LogP contribution in [-0.2, 0) is 11.2 Å². The number of aryl methyl sites for hydroxylation is 1. The summed E-state index contributed by atoms with van der Waals surface area (Å²) in [5.74, 6) is -0.763. The van der Waals surface area contributed by atoms with E-state index < -0.39 is 5.97 Å². The molecule has 0 spiro atoms. The average molecular weight is 242 g/mol. The van der Waals surface area contributed by atoms with Gasteiger partial charge < -0.3 is 10.8 Å². The standard InChI is InChI=1S/C14H14N2O2/c15-14(16)11-5-4-10-3-1-9(2-6-13(17)18)7-12(10)8-11/h1,3-5,7-8H,2,6H2,(H3,15,16)(H,17,18). The second-order valence-corrected chi connectivity index (χ2v) is 4.20. The summed E-state index contributed by atoms with van der Waals surface area (Å²) < 4.78 is 0. The molecule has 0 amide bonds. The van der Waals surface area contributed by atoms with E-state index in [0.29, 0.717) is 12.0 Å². The molecule has 18 heavy (non-hydrogen) atoms. The van der Waals surface area contributed by atoms with Gasteiger partial charge in [-0.25, -0.2) is 0 Å². The molecule has 0 bridgehead atoms. The van der Waals surface area contributed by atoms with Gasteiger partial charge in [-0.3, -0.25) is 10.2 Å². The van der Waals surface area contributed by atoms with Crippen LogP contribution in [0.3, 0.4) is 0 Å². The van der Waals surface area contributed by atoms with E-state index in [4.69, 9.17) is 16.2 Å². The molecular weight excluding hydrogens is 228 g/mol. The van der Waals surface area contributed by atoms with Crippen molar-refractivity contribution in [2.45, 2.75) is 12.8 Å². The first-order valence-corrected chi connectivity index (χ1v) is 5.65. The van der Waals surface area contributed by atoms with Gasteiger partial charge in [-0.05, 0) is 28.8 Å². The number of nitrogen functional groups attached to an aromatic ring is 1. The normalized spacial score (nSPS) is 10.4. The molecule has 0 aromatic heterocycles. The van der Waals surface area contributed by atoms with E-state index in [9.17, 15) is 4.79 Å². The molecular formula is C14H14N2O2. The fraction of sp³-hybridized carbons (Fsp3) is 0.143. The third-order valence-electron chi connectivity index (χ3n) is 2.84. The van der Waals surface area contributed by atoms with Gasteiger partial charge in [0.15, 0.2) is 0 Å². The number of nitrogens with one attached hydrogen (secondary N) is 1. The summed E-state index contributed by atoms with van der Waals surface area (Å²) in [5.41, 5.74) is 7.10. The zero-order valence-corrected chi connectivity index (χ0v) is 9.81. The molecule has 0 aliphatic rings. The number of amidine groups is 1. The monoisotopic (exact) mass is 242 g/mol. The molecule has 0 aliphatic heterocycles. The van der Waals surface area contributed by atoms with Crippen LogP contribution in [0.1, 0.15) is 17.5 Å². The van der Waals surface area contributed by atoms with E-state index in [0.717, 1.165) is 16.3 Å². The van der Waals surface area contributed by atoms with Crippen LogP contribution < -0.4 is 5.73 Å². The number of carboxylic acids is 1. The number of fused-ring (bicyclic) bond motifs is 1. The van der Waals surface area contributed by atoms with Crippen molar-refractivity contribution in [2.24, 2.45) is 5.73 Å². The highest BCUT2D eigenvalue weighted by atomic mass is 16.4. The Morgan fingerprint density at radius 2 is 1.89 bits per heavy atom. The largest absolute Gasteiger partial charge is 0.481 e. The van der Waals surface area contributed by atoms with E-state index in [1.165, 1.54) is 0 Å². The highest BCUT2D eigenvalue weighted by molar-refractivity contribution is 5.99. The summed E-state index contributed by atoms with van der Waals surface area (Å²) in [6, 6.07) is 11.4. The molecule has 2 aromatic rings. The van der Waals surface area contributed by atoms with Crippen molar-refractivity contribution in [1.82, 2.24) is 0 Å². The smallest absolute Gasteiger partial charge is 0.303 e. The highest BCUT2D eigenvalue weighted by Gasteiger charge is 2.02. The number of nitrogens with two attached hydrogens (primary N) is 1. The first-order chi connectivity index (χ1) is 8.56. The average Bonchev–Trinajstić information content (AvgIpc) is 2.35. The summed E-state index contributed by atoms with van der Waals surface area (Å²) in [6.07, 6.45) is 0.632. The fourth-order valence-corrected chi connectivity index (χ4v) is 1.87. The van der Waals surface area contributed by atoms with Crippen molar-refractivity contribution in [3.8, 4) is 0 Å². The summed E-state index contributed by atoms with van der Waals surface area (Å²) in [5, 5.41) is 18.1. The van der Waals surface area contributed by atoms with Gasteiger partial charge in [0.05, 0.1) is 0 Å². The maximum Gasteiger partial charge on any atom is 0.303 e. The molecule has 0 unspecified atom stereocenters. The van der Waals surface area contributed by atoms with Gasteiger partial charge in [0.25, 0.3) is 0 Å². The third kappa shape index (κ3) is 2.66. The van der Waals surface area contributed by atoms with Crippen LogP contribution in [0.5, 0.6) is 0 Å². The Morgan fingerprint density at radius 1 is 1.17 bits per heavy atom. The molecule has 0 saturated carbocycles. The van der Waals surface area contributed by atoms with Crippen LogP contribution in [0.2, 0.25) is 0 Å². The second-order valence-electron chi connectivity index (χ2n) is 4.20. The van der Waals surface area contributed by atoms with E-state index in [-0.39, 0.29) is 12.3 Å². The van der Waals surface area contributed by atoms with E-state index in [1.807, 2.05) is 36.4 Å². The molecule has 0 fully saturated rings. The number of aliphatic carboxylic acids is 1. The Kier molecular flexibility index (Phi) is 3.28. The Balaban J connectivity index is 2.36. The molecule has 2 rings (SSSR count). The van der Waals surface area contributed by atoms with Crippen LogP contribution in [0.25, 0.3) is 10.8 Å². The minimum absolute atomic E-state index is 0.0350. The number of carbonyl (C=O) groups is 1. The minimum Gasteiger partial charge on any atom is -0.481 e. The molecule has 0 heterocycles. The first kappa shape index (κ1) is 12.1. The second kappa shape index (κ2) is 4.87. The molecule has 4 nitrogen and oxygen atoms in total. The van der Waals surface area contributed by atoms with Gasteiger partial charge in [-0.2, -0.15) is 0 Å². The molecule has 0 radical (unpaired) electrons. The Bertz CT molecular complexity index is 620. The fourth-order valence-electron chi connectivity index (χ4n) is 1.87. The third-order valence-corrected chi connectivity index (χ3v) is 2.84. The zero-order chi connectivity index (χ0) is 13.1. The SMILES string of the molecule is N=C(N)c1ccc2ccc(CCC(=O)O)cc2c1. The van der Waals surface area contributed by atoms with Crippen molar-refractivity contribution < 1.29 is 9.90 Å². The maximum atomic E-state index is 10.5. The number of hydrogen-bond acceptors (Lipinski definition) is 2.